The lowest BCUT2D eigenvalue weighted by Crippen LogP contribution is -2.48. The van der Waals surface area contributed by atoms with Crippen molar-refractivity contribution in [2.45, 2.75) is 13.5 Å². The molecular formula is C17H21N3O3. The summed E-state index contributed by atoms with van der Waals surface area (Å²) in [6, 6.07) is 9.25. The first-order valence-corrected chi connectivity index (χ1v) is 7.73. The maximum atomic E-state index is 12.6. The Morgan fingerprint density at radius 3 is 2.70 bits per heavy atom. The normalized spacial score (nSPS) is 15.7. The van der Waals surface area contributed by atoms with E-state index < -0.39 is 0 Å². The zero-order valence-corrected chi connectivity index (χ0v) is 13.5. The van der Waals surface area contributed by atoms with Crippen LogP contribution in [0.1, 0.15) is 21.8 Å². The summed E-state index contributed by atoms with van der Waals surface area (Å²) in [7, 11) is 1.60. The summed E-state index contributed by atoms with van der Waals surface area (Å²) in [5.41, 5.74) is 1.57. The molecule has 0 spiro atoms. The fourth-order valence-electron chi connectivity index (χ4n) is 2.76. The Bertz CT molecular complexity index is 675. The Hall–Kier alpha value is -2.34. The number of amides is 1. The summed E-state index contributed by atoms with van der Waals surface area (Å²) < 4.78 is 10.4. The number of aryl methyl sites for hydroxylation is 1. The lowest BCUT2D eigenvalue weighted by atomic mass is 10.1. The molecule has 0 radical (unpaired) electrons. The molecular weight excluding hydrogens is 294 g/mol. The number of rotatable bonds is 4. The van der Waals surface area contributed by atoms with Crippen LogP contribution in [-0.4, -0.2) is 54.2 Å². The molecule has 0 N–H and O–H groups in total. The van der Waals surface area contributed by atoms with Crippen molar-refractivity contribution in [1.29, 1.82) is 0 Å². The van der Waals surface area contributed by atoms with Crippen molar-refractivity contribution in [3.8, 4) is 5.75 Å². The van der Waals surface area contributed by atoms with E-state index in [1.54, 1.807) is 13.2 Å². The zero-order chi connectivity index (χ0) is 16.2. The van der Waals surface area contributed by atoms with Crippen LogP contribution in [0.3, 0.4) is 0 Å². The van der Waals surface area contributed by atoms with Crippen LogP contribution in [0.5, 0.6) is 5.75 Å². The van der Waals surface area contributed by atoms with E-state index >= 15 is 0 Å². The third-order valence-corrected chi connectivity index (χ3v) is 4.03. The Morgan fingerprint density at radius 1 is 1.26 bits per heavy atom. The maximum absolute atomic E-state index is 12.6. The van der Waals surface area contributed by atoms with Gasteiger partial charge in [-0.25, -0.2) is 0 Å². The molecule has 1 saturated heterocycles. The molecule has 1 aliphatic rings. The fourth-order valence-corrected chi connectivity index (χ4v) is 2.76. The second-order valence-corrected chi connectivity index (χ2v) is 5.73. The lowest BCUT2D eigenvalue weighted by molar-refractivity contribution is 0.0617. The van der Waals surface area contributed by atoms with Gasteiger partial charge in [-0.2, -0.15) is 0 Å². The predicted molar refractivity (Wildman–Crippen MR) is 85.4 cm³/mol. The smallest absolute Gasteiger partial charge is 0.254 e. The highest BCUT2D eigenvalue weighted by molar-refractivity contribution is 5.94. The average Bonchev–Trinajstić information content (AvgIpc) is 3.00. The van der Waals surface area contributed by atoms with Crippen molar-refractivity contribution in [1.82, 2.24) is 15.0 Å². The second-order valence-electron chi connectivity index (χ2n) is 5.73. The first-order chi connectivity index (χ1) is 11.2. The number of carbonyl (C=O) groups excluding carboxylic acids is 1. The van der Waals surface area contributed by atoms with Gasteiger partial charge in [0, 0.05) is 37.8 Å². The van der Waals surface area contributed by atoms with Gasteiger partial charge < -0.3 is 14.2 Å². The molecule has 3 rings (SSSR count). The third-order valence-electron chi connectivity index (χ3n) is 4.03. The number of hydrogen-bond acceptors (Lipinski definition) is 5. The molecule has 2 heterocycles. The number of aromatic nitrogens is 1. The first-order valence-electron chi connectivity index (χ1n) is 7.73. The van der Waals surface area contributed by atoms with Crippen LogP contribution in [0.15, 0.2) is 34.9 Å². The van der Waals surface area contributed by atoms with E-state index in [4.69, 9.17) is 9.26 Å². The largest absolute Gasteiger partial charge is 0.497 e. The standard InChI is InChI=1S/C17H21N3O3/c1-13-10-16(23-18-13)12-19-6-8-20(9-7-19)17(21)14-4-3-5-15(11-14)22-2/h3-5,10-11H,6-9,12H2,1-2H3. The van der Waals surface area contributed by atoms with Crippen LogP contribution in [0.2, 0.25) is 0 Å². The van der Waals surface area contributed by atoms with Gasteiger partial charge in [0.25, 0.3) is 5.91 Å². The van der Waals surface area contributed by atoms with Crippen molar-refractivity contribution in [3.05, 3.63) is 47.3 Å². The van der Waals surface area contributed by atoms with Gasteiger partial charge in [-0.15, -0.1) is 0 Å². The Balaban J connectivity index is 1.56. The van der Waals surface area contributed by atoms with E-state index in [0.717, 1.165) is 31.1 Å². The van der Waals surface area contributed by atoms with Crippen LogP contribution in [0.25, 0.3) is 0 Å². The molecule has 1 amide bonds. The molecule has 1 fully saturated rings. The molecule has 0 aliphatic carbocycles. The van der Waals surface area contributed by atoms with Gasteiger partial charge >= 0.3 is 0 Å². The fraction of sp³-hybridized carbons (Fsp3) is 0.412. The summed E-state index contributed by atoms with van der Waals surface area (Å²) in [5, 5.41) is 3.90. The monoisotopic (exact) mass is 315 g/mol. The van der Waals surface area contributed by atoms with Gasteiger partial charge in [0.1, 0.15) is 5.75 Å². The molecule has 0 bridgehead atoms. The molecule has 6 heteroatoms. The average molecular weight is 315 g/mol. The zero-order valence-electron chi connectivity index (χ0n) is 13.5. The van der Waals surface area contributed by atoms with Gasteiger partial charge in [-0.1, -0.05) is 11.2 Å². The van der Waals surface area contributed by atoms with Gasteiger partial charge in [0.05, 0.1) is 19.3 Å². The number of nitrogens with zero attached hydrogens (tertiary/aromatic N) is 3. The van der Waals surface area contributed by atoms with Gasteiger partial charge in [-0.05, 0) is 25.1 Å². The minimum atomic E-state index is 0.0547. The van der Waals surface area contributed by atoms with Crippen molar-refractivity contribution < 1.29 is 14.1 Å². The summed E-state index contributed by atoms with van der Waals surface area (Å²) in [6.07, 6.45) is 0. The number of methoxy groups -OCH3 is 1. The Kier molecular flexibility index (Phi) is 4.62. The quantitative estimate of drug-likeness (QED) is 0.863. The van der Waals surface area contributed by atoms with Crippen molar-refractivity contribution in [2.24, 2.45) is 0 Å². The topological polar surface area (TPSA) is 58.8 Å². The molecule has 6 nitrogen and oxygen atoms in total. The van der Waals surface area contributed by atoms with Crippen LogP contribution in [0, 0.1) is 6.92 Å². The highest BCUT2D eigenvalue weighted by atomic mass is 16.5. The molecule has 1 aliphatic heterocycles. The highest BCUT2D eigenvalue weighted by Crippen LogP contribution is 2.16. The van der Waals surface area contributed by atoms with E-state index in [1.807, 2.05) is 36.1 Å². The summed E-state index contributed by atoms with van der Waals surface area (Å²) >= 11 is 0. The summed E-state index contributed by atoms with van der Waals surface area (Å²) in [6.45, 7) is 5.73. The van der Waals surface area contributed by atoms with Gasteiger partial charge in [0.2, 0.25) is 0 Å². The van der Waals surface area contributed by atoms with Crippen molar-refractivity contribution in [2.75, 3.05) is 33.3 Å². The minimum absolute atomic E-state index is 0.0547. The maximum Gasteiger partial charge on any atom is 0.254 e. The van der Waals surface area contributed by atoms with Crippen LogP contribution in [-0.2, 0) is 6.54 Å². The van der Waals surface area contributed by atoms with Crippen molar-refractivity contribution >= 4 is 5.91 Å². The Labute approximate surface area is 135 Å². The van der Waals surface area contributed by atoms with Gasteiger partial charge in [-0.3, -0.25) is 9.69 Å². The lowest BCUT2D eigenvalue weighted by Gasteiger charge is -2.34. The molecule has 23 heavy (non-hydrogen) atoms. The number of ether oxygens (including phenoxy) is 1. The van der Waals surface area contributed by atoms with E-state index in [9.17, 15) is 4.79 Å². The SMILES string of the molecule is COc1cccc(C(=O)N2CCN(Cc3cc(C)no3)CC2)c1. The van der Waals surface area contributed by atoms with E-state index in [-0.39, 0.29) is 5.91 Å². The number of benzene rings is 1. The first kappa shape index (κ1) is 15.6. The third kappa shape index (κ3) is 3.71. The summed E-state index contributed by atoms with van der Waals surface area (Å²) in [4.78, 5) is 16.7. The number of hydrogen-bond donors (Lipinski definition) is 0. The van der Waals surface area contributed by atoms with E-state index in [0.29, 0.717) is 24.4 Å². The predicted octanol–water partition coefficient (Wildman–Crippen LogP) is 1.95. The molecule has 1 aromatic carbocycles. The highest BCUT2D eigenvalue weighted by Gasteiger charge is 2.23. The second kappa shape index (κ2) is 6.83. The molecule has 0 atom stereocenters. The molecule has 122 valence electrons. The van der Waals surface area contributed by atoms with E-state index in [2.05, 4.69) is 10.1 Å². The molecule has 2 aromatic rings. The molecule has 0 unspecified atom stereocenters. The van der Waals surface area contributed by atoms with Crippen LogP contribution in [0.4, 0.5) is 0 Å². The van der Waals surface area contributed by atoms with Gasteiger partial charge in [0.15, 0.2) is 5.76 Å². The minimum Gasteiger partial charge on any atom is -0.497 e. The van der Waals surface area contributed by atoms with E-state index in [1.165, 1.54) is 0 Å². The summed E-state index contributed by atoms with van der Waals surface area (Å²) in [5.74, 6) is 1.63. The molecule has 1 aromatic heterocycles. The van der Waals surface area contributed by atoms with Crippen LogP contribution >= 0.6 is 0 Å². The molecule has 0 saturated carbocycles. The number of piperazine rings is 1. The number of carbonyl (C=O) groups is 1. The van der Waals surface area contributed by atoms with Crippen molar-refractivity contribution in [3.63, 3.8) is 0 Å². The van der Waals surface area contributed by atoms with Crippen LogP contribution < -0.4 is 4.74 Å². The Morgan fingerprint density at radius 2 is 2.04 bits per heavy atom.